The normalized spacial score (nSPS) is 10.4. The van der Waals surface area contributed by atoms with Crippen molar-refractivity contribution >= 4 is 17.3 Å². The van der Waals surface area contributed by atoms with Crippen molar-refractivity contribution < 1.29 is 4.39 Å². The van der Waals surface area contributed by atoms with Crippen molar-refractivity contribution in [1.82, 2.24) is 9.97 Å². The summed E-state index contributed by atoms with van der Waals surface area (Å²) in [6, 6.07) is 4.99. The zero-order valence-electron chi connectivity index (χ0n) is 10.4. The Morgan fingerprint density at radius 1 is 1.33 bits per heavy atom. The van der Waals surface area contributed by atoms with E-state index in [1.807, 2.05) is 19.9 Å². The van der Waals surface area contributed by atoms with Gasteiger partial charge in [-0.15, -0.1) is 0 Å². The van der Waals surface area contributed by atoms with Crippen LogP contribution in [0, 0.1) is 12.7 Å². The number of rotatable bonds is 3. The Kier molecular flexibility index (Phi) is 3.41. The molecule has 0 atom stereocenters. The largest absolute Gasteiger partial charge is 0.383 e. The minimum Gasteiger partial charge on any atom is -0.383 e. The van der Waals surface area contributed by atoms with E-state index in [2.05, 4.69) is 15.3 Å². The number of halogens is 1. The molecule has 18 heavy (non-hydrogen) atoms. The summed E-state index contributed by atoms with van der Waals surface area (Å²) < 4.78 is 13.7. The molecule has 0 aliphatic heterocycles. The first-order chi connectivity index (χ1) is 8.61. The molecular formula is C13H15FN4. The number of aromatic nitrogens is 2. The van der Waals surface area contributed by atoms with Gasteiger partial charge in [0.05, 0.1) is 5.69 Å². The number of nitrogens with zero attached hydrogens (tertiary/aromatic N) is 2. The van der Waals surface area contributed by atoms with E-state index in [0.29, 0.717) is 23.7 Å². The first-order valence-electron chi connectivity index (χ1n) is 5.74. The molecule has 0 saturated heterocycles. The summed E-state index contributed by atoms with van der Waals surface area (Å²) in [6.07, 6.45) is 2.05. The maximum atomic E-state index is 13.7. The second-order valence-corrected chi connectivity index (χ2v) is 4.05. The zero-order chi connectivity index (χ0) is 13.1. The zero-order valence-corrected chi connectivity index (χ0v) is 10.4. The van der Waals surface area contributed by atoms with Crippen LogP contribution in [-0.2, 0) is 6.42 Å². The molecule has 0 spiro atoms. The van der Waals surface area contributed by atoms with Crippen LogP contribution in [0.3, 0.4) is 0 Å². The Balaban J connectivity index is 2.37. The fraction of sp³-hybridized carbons (Fsp3) is 0.231. The van der Waals surface area contributed by atoms with Gasteiger partial charge >= 0.3 is 0 Å². The average Bonchev–Trinajstić information content (AvgIpc) is 2.33. The van der Waals surface area contributed by atoms with Gasteiger partial charge in [0.1, 0.15) is 23.8 Å². The van der Waals surface area contributed by atoms with Crippen molar-refractivity contribution in [2.24, 2.45) is 0 Å². The van der Waals surface area contributed by atoms with E-state index in [9.17, 15) is 4.39 Å². The molecule has 5 heteroatoms. The highest BCUT2D eigenvalue weighted by molar-refractivity contribution is 5.64. The fourth-order valence-electron chi connectivity index (χ4n) is 1.73. The quantitative estimate of drug-likeness (QED) is 0.874. The van der Waals surface area contributed by atoms with Crippen LogP contribution in [-0.4, -0.2) is 9.97 Å². The third kappa shape index (κ3) is 2.40. The van der Waals surface area contributed by atoms with Gasteiger partial charge < -0.3 is 11.1 Å². The minimum absolute atomic E-state index is 0.311. The smallest absolute Gasteiger partial charge is 0.146 e. The van der Waals surface area contributed by atoms with Crippen LogP contribution in [0.2, 0.25) is 0 Å². The lowest BCUT2D eigenvalue weighted by molar-refractivity contribution is 0.630. The Bertz CT molecular complexity index is 569. The van der Waals surface area contributed by atoms with Gasteiger partial charge in [-0.2, -0.15) is 0 Å². The van der Waals surface area contributed by atoms with Gasteiger partial charge in [-0.25, -0.2) is 14.4 Å². The van der Waals surface area contributed by atoms with Gasteiger partial charge in [-0.3, -0.25) is 0 Å². The summed E-state index contributed by atoms with van der Waals surface area (Å²) in [5.74, 6) is 0.657. The van der Waals surface area contributed by atoms with Crippen LogP contribution in [0.1, 0.15) is 18.1 Å². The van der Waals surface area contributed by atoms with Crippen molar-refractivity contribution in [3.05, 3.63) is 41.5 Å². The van der Waals surface area contributed by atoms with Crippen molar-refractivity contribution in [2.45, 2.75) is 20.3 Å². The maximum absolute atomic E-state index is 13.7. The van der Waals surface area contributed by atoms with E-state index < -0.39 is 0 Å². The third-order valence-electron chi connectivity index (χ3n) is 2.71. The first kappa shape index (κ1) is 12.3. The Labute approximate surface area is 105 Å². The predicted octanol–water partition coefficient (Wildman–Crippen LogP) is 2.81. The number of hydrogen-bond acceptors (Lipinski definition) is 4. The lowest BCUT2D eigenvalue weighted by Gasteiger charge is -2.11. The SMILES string of the molecule is CCc1c(N)ncnc1Nc1ccc(C)cc1F. The van der Waals surface area contributed by atoms with Crippen LogP contribution in [0.4, 0.5) is 21.7 Å². The summed E-state index contributed by atoms with van der Waals surface area (Å²) in [7, 11) is 0. The van der Waals surface area contributed by atoms with Crippen LogP contribution < -0.4 is 11.1 Å². The number of aryl methyl sites for hydroxylation is 1. The molecule has 0 bridgehead atoms. The Morgan fingerprint density at radius 3 is 2.78 bits per heavy atom. The number of benzene rings is 1. The van der Waals surface area contributed by atoms with E-state index >= 15 is 0 Å². The number of hydrogen-bond donors (Lipinski definition) is 2. The van der Waals surface area contributed by atoms with Gasteiger partial charge in [0.15, 0.2) is 0 Å². The summed E-state index contributed by atoms with van der Waals surface area (Å²) in [5.41, 5.74) is 7.81. The van der Waals surface area contributed by atoms with E-state index in [-0.39, 0.29) is 5.82 Å². The van der Waals surface area contributed by atoms with Crippen molar-refractivity contribution in [1.29, 1.82) is 0 Å². The third-order valence-corrected chi connectivity index (χ3v) is 2.71. The van der Waals surface area contributed by atoms with Crippen LogP contribution in [0.25, 0.3) is 0 Å². The van der Waals surface area contributed by atoms with E-state index in [1.165, 1.54) is 12.4 Å². The summed E-state index contributed by atoms with van der Waals surface area (Å²) >= 11 is 0. The second kappa shape index (κ2) is 5.00. The number of anilines is 3. The standard InChI is InChI=1S/C13H15FN4/c1-3-9-12(15)16-7-17-13(9)18-11-5-4-8(2)6-10(11)14/h4-7H,3H2,1-2H3,(H3,15,16,17,18). The highest BCUT2D eigenvalue weighted by atomic mass is 19.1. The predicted molar refractivity (Wildman–Crippen MR) is 70.2 cm³/mol. The molecule has 3 N–H and O–H groups in total. The van der Waals surface area contributed by atoms with Gasteiger partial charge in [0.2, 0.25) is 0 Å². The molecule has 0 aliphatic rings. The van der Waals surface area contributed by atoms with E-state index in [0.717, 1.165) is 11.1 Å². The fourth-order valence-corrected chi connectivity index (χ4v) is 1.73. The summed E-state index contributed by atoms with van der Waals surface area (Å²) in [5, 5.41) is 2.95. The molecule has 1 aromatic heterocycles. The molecule has 1 aromatic carbocycles. The number of nitrogen functional groups attached to an aromatic ring is 1. The highest BCUT2D eigenvalue weighted by Gasteiger charge is 2.09. The molecule has 0 amide bonds. The molecule has 4 nitrogen and oxygen atoms in total. The van der Waals surface area contributed by atoms with Crippen molar-refractivity contribution in [3.63, 3.8) is 0 Å². The lowest BCUT2D eigenvalue weighted by atomic mass is 10.2. The van der Waals surface area contributed by atoms with Crippen LogP contribution in [0.15, 0.2) is 24.5 Å². The molecule has 94 valence electrons. The average molecular weight is 246 g/mol. The monoisotopic (exact) mass is 246 g/mol. The molecule has 0 saturated carbocycles. The summed E-state index contributed by atoms with van der Waals surface area (Å²) in [6.45, 7) is 3.79. The van der Waals surface area contributed by atoms with Crippen molar-refractivity contribution in [2.75, 3.05) is 11.1 Å². The molecule has 2 aromatic rings. The molecule has 0 fully saturated rings. The van der Waals surface area contributed by atoms with Gasteiger partial charge in [0.25, 0.3) is 0 Å². The molecule has 0 aliphatic carbocycles. The molecule has 1 heterocycles. The second-order valence-electron chi connectivity index (χ2n) is 4.05. The Morgan fingerprint density at radius 2 is 2.11 bits per heavy atom. The van der Waals surface area contributed by atoms with Crippen LogP contribution in [0.5, 0.6) is 0 Å². The highest BCUT2D eigenvalue weighted by Crippen LogP contribution is 2.24. The van der Waals surface area contributed by atoms with Crippen LogP contribution >= 0.6 is 0 Å². The van der Waals surface area contributed by atoms with E-state index in [4.69, 9.17) is 5.73 Å². The lowest BCUT2D eigenvalue weighted by Crippen LogP contribution is -2.05. The maximum Gasteiger partial charge on any atom is 0.146 e. The summed E-state index contributed by atoms with van der Waals surface area (Å²) in [4.78, 5) is 8.02. The van der Waals surface area contributed by atoms with Crippen molar-refractivity contribution in [3.8, 4) is 0 Å². The number of nitrogens with one attached hydrogen (secondary N) is 1. The first-order valence-corrected chi connectivity index (χ1v) is 5.74. The van der Waals surface area contributed by atoms with Gasteiger partial charge in [-0.05, 0) is 31.0 Å². The molecule has 2 rings (SSSR count). The van der Waals surface area contributed by atoms with Gasteiger partial charge in [-0.1, -0.05) is 13.0 Å². The molecule has 0 radical (unpaired) electrons. The molecule has 0 unspecified atom stereocenters. The number of nitrogens with two attached hydrogens (primary N) is 1. The minimum atomic E-state index is -0.311. The molecular weight excluding hydrogens is 231 g/mol. The topological polar surface area (TPSA) is 63.8 Å². The van der Waals surface area contributed by atoms with E-state index in [1.54, 1.807) is 6.07 Å². The Hall–Kier alpha value is -2.17. The van der Waals surface area contributed by atoms with Gasteiger partial charge in [0, 0.05) is 5.56 Å².